The van der Waals surface area contributed by atoms with Gasteiger partial charge in [-0.1, -0.05) is 24.0 Å². The van der Waals surface area contributed by atoms with E-state index in [1.807, 2.05) is 0 Å². The summed E-state index contributed by atoms with van der Waals surface area (Å²) >= 11 is 7.59. The highest BCUT2D eigenvalue weighted by molar-refractivity contribution is 8.26. The summed E-state index contributed by atoms with van der Waals surface area (Å²) in [6.07, 6.45) is 3.16. The van der Waals surface area contributed by atoms with Gasteiger partial charge in [0, 0.05) is 17.8 Å². The number of amides is 1. The van der Waals surface area contributed by atoms with E-state index in [9.17, 15) is 23.3 Å². The molecular formula is C19H20N2O5S4. The number of nitrogens with zero attached hydrogens (tertiary/aromatic N) is 2. The lowest BCUT2D eigenvalue weighted by atomic mass is 10.2. The number of hydrogen-bond donors (Lipinski definition) is 1. The molecule has 0 saturated carbocycles. The molecule has 0 radical (unpaired) electrons. The zero-order chi connectivity index (χ0) is 22.7. The number of aliphatic carboxylic acids is 1. The molecule has 11 heteroatoms. The minimum atomic E-state index is -3.82. The number of carboxylic acids is 1. The third kappa shape index (κ3) is 5.37. The monoisotopic (exact) mass is 484 g/mol. The molecule has 7 nitrogen and oxygen atoms in total. The highest BCUT2D eigenvalue weighted by Crippen LogP contribution is 2.35. The number of thiophene rings is 1. The van der Waals surface area contributed by atoms with Crippen LogP contribution in [0.3, 0.4) is 0 Å². The predicted octanol–water partition coefficient (Wildman–Crippen LogP) is 3.89. The molecule has 1 fully saturated rings. The van der Waals surface area contributed by atoms with Crippen molar-refractivity contribution < 1.29 is 23.1 Å². The molecule has 0 bridgehead atoms. The van der Waals surface area contributed by atoms with Gasteiger partial charge in [-0.3, -0.25) is 14.5 Å². The van der Waals surface area contributed by atoms with Crippen LogP contribution in [0.2, 0.25) is 0 Å². The van der Waals surface area contributed by atoms with Gasteiger partial charge in [-0.15, -0.1) is 11.3 Å². The number of thiocarbonyl (C=S) groups is 1. The van der Waals surface area contributed by atoms with Crippen molar-refractivity contribution in [1.29, 1.82) is 5.26 Å². The number of nitriles is 1. The summed E-state index contributed by atoms with van der Waals surface area (Å²) in [6.45, 7) is 4.79. The lowest BCUT2D eigenvalue weighted by molar-refractivity contribution is -0.137. The number of sulfone groups is 1. The molecule has 1 aliphatic rings. The van der Waals surface area contributed by atoms with Crippen molar-refractivity contribution in [3.8, 4) is 6.07 Å². The summed E-state index contributed by atoms with van der Waals surface area (Å²) in [6, 6.07) is 3.50. The summed E-state index contributed by atoms with van der Waals surface area (Å²) in [5.74, 6) is -1.26. The molecule has 30 heavy (non-hydrogen) atoms. The van der Waals surface area contributed by atoms with Crippen LogP contribution in [0.5, 0.6) is 0 Å². The van der Waals surface area contributed by atoms with Crippen molar-refractivity contribution in [3.05, 3.63) is 31.7 Å². The fourth-order valence-electron chi connectivity index (χ4n) is 2.41. The van der Waals surface area contributed by atoms with Crippen LogP contribution in [0, 0.1) is 11.3 Å². The Morgan fingerprint density at radius 1 is 1.40 bits per heavy atom. The van der Waals surface area contributed by atoms with Crippen molar-refractivity contribution in [2.24, 2.45) is 0 Å². The normalized spacial score (nSPS) is 16.9. The SMILES string of the molecule is CC(C)(C)S(=O)(=O)/C(C#N)=C/c1sccc1/C=C1/SC(=S)N(CCCC(=O)O)C1=O. The first-order chi connectivity index (χ1) is 13.9. The Kier molecular flexibility index (Phi) is 7.63. The molecule has 160 valence electrons. The molecule has 0 aromatic carbocycles. The topological polar surface area (TPSA) is 116 Å². The minimum Gasteiger partial charge on any atom is -0.481 e. The second kappa shape index (κ2) is 9.43. The summed E-state index contributed by atoms with van der Waals surface area (Å²) in [5, 5.41) is 19.9. The molecule has 2 rings (SSSR count). The zero-order valence-corrected chi connectivity index (χ0v) is 19.8. The lowest BCUT2D eigenvalue weighted by Crippen LogP contribution is -2.29. The largest absolute Gasteiger partial charge is 0.481 e. The van der Waals surface area contributed by atoms with Crippen LogP contribution in [-0.4, -0.2) is 45.9 Å². The van der Waals surface area contributed by atoms with Gasteiger partial charge in [0.05, 0.1) is 9.65 Å². The molecule has 0 unspecified atom stereocenters. The summed E-state index contributed by atoms with van der Waals surface area (Å²) in [7, 11) is -3.82. The Morgan fingerprint density at radius 2 is 2.07 bits per heavy atom. The Labute approximate surface area is 189 Å². The minimum absolute atomic E-state index is 0.0607. The third-order valence-corrected chi connectivity index (χ3v) is 8.79. The maximum absolute atomic E-state index is 12.6. The van der Waals surface area contributed by atoms with Gasteiger partial charge in [0.25, 0.3) is 5.91 Å². The molecule has 1 N–H and O–H groups in total. The molecule has 1 aromatic rings. The number of rotatable bonds is 7. The van der Waals surface area contributed by atoms with Gasteiger partial charge in [0.1, 0.15) is 15.3 Å². The van der Waals surface area contributed by atoms with Gasteiger partial charge in [0.15, 0.2) is 9.84 Å². The number of hydrogen-bond acceptors (Lipinski definition) is 8. The van der Waals surface area contributed by atoms with E-state index in [0.717, 1.165) is 11.8 Å². The fourth-order valence-corrected chi connectivity index (χ4v) is 5.65. The summed E-state index contributed by atoms with van der Waals surface area (Å²) in [4.78, 5) is 25.2. The average Bonchev–Trinajstić information content (AvgIpc) is 3.17. The number of thioether (sulfide) groups is 1. The van der Waals surface area contributed by atoms with Crippen LogP contribution in [0.4, 0.5) is 0 Å². The van der Waals surface area contributed by atoms with Crippen molar-refractivity contribution in [2.75, 3.05) is 6.54 Å². The van der Waals surface area contributed by atoms with Crippen molar-refractivity contribution >= 4 is 73.5 Å². The van der Waals surface area contributed by atoms with Crippen molar-refractivity contribution in [3.63, 3.8) is 0 Å². The van der Waals surface area contributed by atoms with Crippen LogP contribution in [0.15, 0.2) is 21.3 Å². The smallest absolute Gasteiger partial charge is 0.303 e. The van der Waals surface area contributed by atoms with Gasteiger partial charge in [-0.05, 0) is 56.4 Å². The van der Waals surface area contributed by atoms with Gasteiger partial charge in [-0.2, -0.15) is 5.26 Å². The van der Waals surface area contributed by atoms with Crippen LogP contribution in [0.25, 0.3) is 12.2 Å². The Morgan fingerprint density at radius 3 is 2.63 bits per heavy atom. The molecule has 1 saturated heterocycles. The second-order valence-electron chi connectivity index (χ2n) is 7.31. The Balaban J connectivity index is 2.32. The maximum atomic E-state index is 12.6. The second-order valence-corrected chi connectivity index (χ2v) is 12.6. The molecule has 1 amide bonds. The van der Waals surface area contributed by atoms with E-state index < -0.39 is 20.6 Å². The van der Waals surface area contributed by atoms with E-state index in [-0.39, 0.29) is 30.2 Å². The third-order valence-electron chi connectivity index (χ3n) is 4.13. The van der Waals surface area contributed by atoms with Crippen LogP contribution in [0.1, 0.15) is 44.1 Å². The van der Waals surface area contributed by atoms with Crippen LogP contribution < -0.4 is 0 Å². The average molecular weight is 485 g/mol. The van der Waals surface area contributed by atoms with Crippen molar-refractivity contribution in [2.45, 2.75) is 38.4 Å². The molecule has 0 aliphatic carbocycles. The predicted molar refractivity (Wildman–Crippen MR) is 123 cm³/mol. The van der Waals surface area contributed by atoms with E-state index >= 15 is 0 Å². The van der Waals surface area contributed by atoms with Crippen LogP contribution in [-0.2, 0) is 19.4 Å². The number of carbonyl (C=O) groups excluding carboxylic acids is 1. The number of carboxylic acid groups (broad SMARTS) is 1. The standard InChI is InChI=1S/C19H20N2O5S4/c1-19(2,3)30(25,26)13(11-20)10-14-12(6-8-28-14)9-15-17(24)21(18(27)29-15)7-4-5-16(22)23/h6,8-10H,4-5,7H2,1-3H3,(H,22,23)/b13-10+,15-9+. The van der Waals surface area contributed by atoms with Gasteiger partial charge < -0.3 is 5.11 Å². The van der Waals surface area contributed by atoms with E-state index in [1.54, 1.807) is 23.6 Å². The first kappa shape index (κ1) is 24.3. The number of allylic oxidation sites excluding steroid dienone is 1. The fraction of sp³-hybridized carbons (Fsp3) is 0.368. The Hall–Kier alpha value is -2.00. The first-order valence-corrected chi connectivity index (χ1v) is 12.4. The molecular weight excluding hydrogens is 464 g/mol. The molecule has 1 aliphatic heterocycles. The van der Waals surface area contributed by atoms with E-state index in [4.69, 9.17) is 17.3 Å². The quantitative estimate of drug-likeness (QED) is 0.352. The van der Waals surface area contributed by atoms with E-state index in [0.29, 0.717) is 19.7 Å². The number of carbonyl (C=O) groups is 2. The molecule has 1 aromatic heterocycles. The van der Waals surface area contributed by atoms with Gasteiger partial charge in [0.2, 0.25) is 0 Å². The zero-order valence-electron chi connectivity index (χ0n) is 16.5. The molecule has 0 atom stereocenters. The Bertz CT molecular complexity index is 1080. The van der Waals surface area contributed by atoms with Crippen LogP contribution >= 0.6 is 35.3 Å². The summed E-state index contributed by atoms with van der Waals surface area (Å²) in [5.41, 5.74) is 0.600. The molecule has 2 heterocycles. The van der Waals surface area contributed by atoms with Crippen molar-refractivity contribution in [1.82, 2.24) is 4.90 Å². The lowest BCUT2D eigenvalue weighted by Gasteiger charge is -2.18. The molecule has 0 spiro atoms. The first-order valence-electron chi connectivity index (χ1n) is 8.79. The maximum Gasteiger partial charge on any atom is 0.303 e. The van der Waals surface area contributed by atoms with E-state index in [1.165, 1.54) is 43.1 Å². The summed E-state index contributed by atoms with van der Waals surface area (Å²) < 4.78 is 24.5. The highest BCUT2D eigenvalue weighted by Gasteiger charge is 2.34. The van der Waals surface area contributed by atoms with Gasteiger partial charge >= 0.3 is 5.97 Å². The van der Waals surface area contributed by atoms with E-state index in [2.05, 4.69) is 0 Å². The van der Waals surface area contributed by atoms with Gasteiger partial charge in [-0.25, -0.2) is 8.42 Å². The highest BCUT2D eigenvalue weighted by atomic mass is 32.2.